The Labute approximate surface area is 93.2 Å². The molecule has 0 amide bonds. The molecule has 0 fully saturated rings. The van der Waals surface area contributed by atoms with E-state index in [-0.39, 0.29) is 18.9 Å². The van der Waals surface area contributed by atoms with Gasteiger partial charge in [0.15, 0.2) is 5.92 Å². The minimum atomic E-state index is -1.40. The highest BCUT2D eigenvalue weighted by atomic mass is 16.5. The van der Waals surface area contributed by atoms with Gasteiger partial charge < -0.3 is 14.9 Å². The van der Waals surface area contributed by atoms with Gasteiger partial charge in [0.25, 0.3) is 0 Å². The first-order chi connectivity index (χ1) is 7.38. The first-order valence-corrected chi connectivity index (χ1v) is 5.03. The highest BCUT2D eigenvalue weighted by Crippen LogP contribution is 2.11. The van der Waals surface area contributed by atoms with Gasteiger partial charge in [0.2, 0.25) is 0 Å². The molecule has 0 aliphatic carbocycles. The Hall–Kier alpha value is -1.59. The van der Waals surface area contributed by atoms with Gasteiger partial charge in [-0.2, -0.15) is 0 Å². The second kappa shape index (κ2) is 6.81. The van der Waals surface area contributed by atoms with E-state index in [1.54, 1.807) is 13.8 Å². The summed E-state index contributed by atoms with van der Waals surface area (Å²) < 4.78 is 4.84. The largest absolute Gasteiger partial charge is 0.481 e. The van der Waals surface area contributed by atoms with Crippen molar-refractivity contribution in [3.8, 4) is 0 Å². The van der Waals surface area contributed by atoms with Crippen molar-refractivity contribution in [3.63, 3.8) is 0 Å². The number of carboxylic acid groups (broad SMARTS) is 2. The third-order valence-electron chi connectivity index (χ3n) is 2.12. The molecule has 0 spiro atoms. The third kappa shape index (κ3) is 5.33. The van der Waals surface area contributed by atoms with E-state index >= 15 is 0 Å². The van der Waals surface area contributed by atoms with E-state index in [1.165, 1.54) is 0 Å². The average Bonchev–Trinajstić information content (AvgIpc) is 2.16. The van der Waals surface area contributed by atoms with Crippen LogP contribution in [0.1, 0.15) is 33.1 Å². The van der Waals surface area contributed by atoms with Gasteiger partial charge >= 0.3 is 17.9 Å². The lowest BCUT2D eigenvalue weighted by molar-refractivity contribution is -0.162. The van der Waals surface area contributed by atoms with Crippen LogP contribution in [-0.4, -0.2) is 34.2 Å². The van der Waals surface area contributed by atoms with E-state index in [0.29, 0.717) is 6.42 Å². The summed E-state index contributed by atoms with van der Waals surface area (Å²) in [5.74, 6) is -4.76. The summed E-state index contributed by atoms with van der Waals surface area (Å²) in [5, 5.41) is 17.2. The maximum Gasteiger partial charge on any atom is 0.320 e. The summed E-state index contributed by atoms with van der Waals surface area (Å²) in [7, 11) is 0. The topological polar surface area (TPSA) is 101 Å². The molecule has 0 radical (unpaired) electrons. The number of carbonyl (C=O) groups is 3. The quantitative estimate of drug-likeness (QED) is 0.499. The third-order valence-corrected chi connectivity index (χ3v) is 2.12. The number of esters is 1. The fourth-order valence-corrected chi connectivity index (χ4v) is 0.974. The highest BCUT2D eigenvalue weighted by Gasteiger charge is 2.29. The Morgan fingerprint density at radius 2 is 1.81 bits per heavy atom. The van der Waals surface area contributed by atoms with Gasteiger partial charge in [-0.25, -0.2) is 0 Å². The first-order valence-electron chi connectivity index (χ1n) is 5.03. The number of carboxylic acids is 2. The monoisotopic (exact) mass is 232 g/mol. The average molecular weight is 232 g/mol. The van der Waals surface area contributed by atoms with Crippen LogP contribution in [0.2, 0.25) is 0 Å². The zero-order chi connectivity index (χ0) is 12.7. The second-order valence-electron chi connectivity index (χ2n) is 3.48. The van der Waals surface area contributed by atoms with E-state index in [2.05, 4.69) is 0 Å². The van der Waals surface area contributed by atoms with Crippen molar-refractivity contribution in [2.75, 3.05) is 0 Å². The molecule has 2 atom stereocenters. The Morgan fingerprint density at radius 3 is 2.19 bits per heavy atom. The fourth-order valence-electron chi connectivity index (χ4n) is 0.974. The van der Waals surface area contributed by atoms with Gasteiger partial charge in [-0.15, -0.1) is 0 Å². The Balaban J connectivity index is 4.35. The smallest absolute Gasteiger partial charge is 0.320 e. The van der Waals surface area contributed by atoms with Gasteiger partial charge in [0.1, 0.15) is 0 Å². The molecule has 2 N–H and O–H groups in total. The van der Waals surface area contributed by atoms with Crippen LogP contribution < -0.4 is 0 Å². The predicted octanol–water partition coefficient (Wildman–Crippen LogP) is 0.894. The molecule has 0 saturated heterocycles. The lowest BCUT2D eigenvalue weighted by Gasteiger charge is -2.15. The van der Waals surface area contributed by atoms with E-state index in [4.69, 9.17) is 14.9 Å². The van der Waals surface area contributed by atoms with Gasteiger partial charge in [-0.1, -0.05) is 6.92 Å². The summed E-state index contributed by atoms with van der Waals surface area (Å²) in [5.41, 5.74) is 0. The van der Waals surface area contributed by atoms with Crippen molar-refractivity contribution in [1.29, 1.82) is 0 Å². The maximum atomic E-state index is 11.4. The molecule has 16 heavy (non-hydrogen) atoms. The summed E-state index contributed by atoms with van der Waals surface area (Å²) >= 11 is 0. The van der Waals surface area contributed by atoms with Gasteiger partial charge in [0, 0.05) is 6.42 Å². The number of aliphatic carboxylic acids is 2. The number of hydrogen-bond acceptors (Lipinski definition) is 4. The number of carbonyl (C=O) groups excluding carboxylic acids is 1. The second-order valence-corrected chi connectivity index (χ2v) is 3.48. The molecule has 2 unspecified atom stereocenters. The minimum Gasteiger partial charge on any atom is -0.481 e. The van der Waals surface area contributed by atoms with Crippen molar-refractivity contribution in [2.24, 2.45) is 5.92 Å². The number of ether oxygens (including phenoxy) is 1. The standard InChI is InChI=1S/C10H16O6/c1-3-6(2)16-10(15)7(9(13)14)4-5-8(11)12/h6-7H,3-5H2,1-2H3,(H,11,12)(H,13,14). The zero-order valence-corrected chi connectivity index (χ0v) is 9.30. The van der Waals surface area contributed by atoms with Crippen LogP contribution >= 0.6 is 0 Å². The van der Waals surface area contributed by atoms with E-state index in [1.807, 2.05) is 0 Å². The molecule has 0 bridgehead atoms. The molecule has 0 aliphatic rings. The van der Waals surface area contributed by atoms with Crippen molar-refractivity contribution in [3.05, 3.63) is 0 Å². The summed E-state index contributed by atoms with van der Waals surface area (Å²) in [6.07, 6.45) is -0.400. The number of hydrogen-bond donors (Lipinski definition) is 2. The Kier molecular flexibility index (Phi) is 6.14. The summed E-state index contributed by atoms with van der Waals surface area (Å²) in [6, 6.07) is 0. The van der Waals surface area contributed by atoms with Crippen molar-refractivity contribution in [1.82, 2.24) is 0 Å². The predicted molar refractivity (Wildman–Crippen MR) is 53.8 cm³/mol. The van der Waals surface area contributed by atoms with E-state index in [9.17, 15) is 14.4 Å². The molecule has 6 heteroatoms. The summed E-state index contributed by atoms with van der Waals surface area (Å²) in [6.45, 7) is 3.44. The molecule has 0 aromatic rings. The van der Waals surface area contributed by atoms with Crippen LogP contribution in [0.3, 0.4) is 0 Å². The SMILES string of the molecule is CCC(C)OC(=O)C(CCC(=O)O)C(=O)O. The van der Waals surface area contributed by atoms with Gasteiger partial charge in [-0.05, 0) is 19.8 Å². The van der Waals surface area contributed by atoms with Crippen LogP contribution in [0.25, 0.3) is 0 Å². The van der Waals surface area contributed by atoms with Gasteiger partial charge in [-0.3, -0.25) is 14.4 Å². The van der Waals surface area contributed by atoms with E-state index < -0.39 is 23.8 Å². The molecular formula is C10H16O6. The lowest BCUT2D eigenvalue weighted by Crippen LogP contribution is -2.29. The molecule has 0 rings (SSSR count). The molecule has 0 heterocycles. The van der Waals surface area contributed by atoms with Crippen molar-refractivity contribution in [2.45, 2.75) is 39.2 Å². The highest BCUT2D eigenvalue weighted by molar-refractivity contribution is 5.94. The van der Waals surface area contributed by atoms with Crippen LogP contribution in [0, 0.1) is 5.92 Å². The molecule has 0 aromatic carbocycles. The molecule has 0 aromatic heterocycles. The van der Waals surface area contributed by atoms with Crippen molar-refractivity contribution >= 4 is 17.9 Å². The van der Waals surface area contributed by atoms with Crippen LogP contribution in [0.15, 0.2) is 0 Å². The zero-order valence-electron chi connectivity index (χ0n) is 9.30. The Bertz CT molecular complexity index is 272. The lowest BCUT2D eigenvalue weighted by atomic mass is 10.0. The van der Waals surface area contributed by atoms with E-state index in [0.717, 1.165) is 0 Å². The molecule has 92 valence electrons. The van der Waals surface area contributed by atoms with Crippen LogP contribution in [0.4, 0.5) is 0 Å². The van der Waals surface area contributed by atoms with Crippen molar-refractivity contribution < 1.29 is 29.3 Å². The normalized spacial score (nSPS) is 13.9. The molecule has 0 saturated carbocycles. The molecular weight excluding hydrogens is 216 g/mol. The Morgan fingerprint density at radius 1 is 1.25 bits per heavy atom. The van der Waals surface area contributed by atoms with Gasteiger partial charge in [0.05, 0.1) is 6.10 Å². The fraction of sp³-hybridized carbons (Fsp3) is 0.700. The molecule has 0 aliphatic heterocycles. The maximum absolute atomic E-state index is 11.4. The van der Waals surface area contributed by atoms with Crippen LogP contribution in [0.5, 0.6) is 0 Å². The van der Waals surface area contributed by atoms with Crippen LogP contribution in [-0.2, 0) is 19.1 Å². The first kappa shape index (κ1) is 14.4. The molecule has 6 nitrogen and oxygen atoms in total. The number of rotatable bonds is 7. The minimum absolute atomic E-state index is 0.250. The summed E-state index contributed by atoms with van der Waals surface area (Å²) in [4.78, 5) is 32.4.